The van der Waals surface area contributed by atoms with Gasteiger partial charge in [0.05, 0.1) is 15.2 Å². The number of carbonyl (C=O) groups excluding carboxylic acids is 1. The SMILES string of the molecule is Cc1nc(N2CCN(c3ccccn3)CC2)c2c(C)c(C(=O)Nc3cc(Sc4ccc(F)cc4)cc([N+](=O)[O-])c3)sc2n1. The lowest BCUT2D eigenvalue weighted by Gasteiger charge is -2.36. The molecule has 1 aliphatic rings. The second-order valence-corrected chi connectivity index (χ2v) is 12.1. The third kappa shape index (κ3) is 6.13. The summed E-state index contributed by atoms with van der Waals surface area (Å²) < 4.78 is 13.3. The van der Waals surface area contributed by atoms with Crippen molar-refractivity contribution in [2.75, 3.05) is 41.3 Å². The van der Waals surface area contributed by atoms with Crippen LogP contribution < -0.4 is 15.1 Å². The van der Waals surface area contributed by atoms with E-state index in [1.54, 1.807) is 24.4 Å². The third-order valence-electron chi connectivity index (χ3n) is 7.05. The Morgan fingerprint density at radius 3 is 2.44 bits per heavy atom. The number of non-ortho nitro benzene ring substituents is 1. The molecule has 0 atom stereocenters. The first-order valence-electron chi connectivity index (χ1n) is 13.5. The van der Waals surface area contributed by atoms with Crippen LogP contribution in [0.1, 0.15) is 21.1 Å². The molecule has 1 amide bonds. The van der Waals surface area contributed by atoms with Crippen molar-refractivity contribution in [2.24, 2.45) is 0 Å². The molecule has 5 aromatic rings. The summed E-state index contributed by atoms with van der Waals surface area (Å²) in [7, 11) is 0. The van der Waals surface area contributed by atoms with E-state index in [1.807, 2.05) is 32.0 Å². The van der Waals surface area contributed by atoms with Crippen molar-refractivity contribution in [2.45, 2.75) is 23.6 Å². The van der Waals surface area contributed by atoms with Crippen molar-refractivity contribution in [1.82, 2.24) is 15.0 Å². The van der Waals surface area contributed by atoms with Crippen molar-refractivity contribution in [1.29, 1.82) is 0 Å². The fraction of sp³-hybridized carbons (Fsp3) is 0.200. The molecule has 0 radical (unpaired) electrons. The summed E-state index contributed by atoms with van der Waals surface area (Å²) in [6.45, 7) is 6.75. The molecule has 1 aliphatic heterocycles. The minimum absolute atomic E-state index is 0.163. The predicted molar refractivity (Wildman–Crippen MR) is 167 cm³/mol. The third-order valence-corrected chi connectivity index (χ3v) is 9.21. The van der Waals surface area contributed by atoms with E-state index < -0.39 is 4.92 Å². The molecular formula is C30H26FN7O3S2. The average molecular weight is 616 g/mol. The van der Waals surface area contributed by atoms with Gasteiger partial charge in [-0.15, -0.1) is 11.3 Å². The van der Waals surface area contributed by atoms with Crippen molar-refractivity contribution < 1.29 is 14.1 Å². The van der Waals surface area contributed by atoms with Crippen LogP contribution in [0, 0.1) is 29.8 Å². The van der Waals surface area contributed by atoms with Crippen LogP contribution in [0.2, 0.25) is 0 Å². The fourth-order valence-corrected chi connectivity index (χ4v) is 7.03. The zero-order chi connectivity index (χ0) is 30.1. The molecule has 0 aliphatic carbocycles. The summed E-state index contributed by atoms with van der Waals surface area (Å²) in [6.07, 6.45) is 1.79. The number of amides is 1. The number of aromatic nitrogens is 3. The van der Waals surface area contributed by atoms with Crippen LogP contribution in [0.25, 0.3) is 10.2 Å². The number of halogens is 1. The van der Waals surface area contributed by atoms with E-state index in [-0.39, 0.29) is 23.1 Å². The van der Waals surface area contributed by atoms with Gasteiger partial charge in [-0.25, -0.2) is 19.3 Å². The Labute approximate surface area is 254 Å². The van der Waals surface area contributed by atoms with Crippen LogP contribution >= 0.6 is 23.1 Å². The molecule has 218 valence electrons. The maximum Gasteiger partial charge on any atom is 0.272 e. The number of carbonyl (C=O) groups is 1. The highest BCUT2D eigenvalue weighted by molar-refractivity contribution is 7.99. The van der Waals surface area contributed by atoms with Gasteiger partial charge in [0.1, 0.15) is 28.1 Å². The number of pyridine rings is 1. The normalized spacial score (nSPS) is 13.4. The average Bonchev–Trinajstić information content (AvgIpc) is 3.34. The topological polar surface area (TPSA) is 117 Å². The summed E-state index contributed by atoms with van der Waals surface area (Å²) in [5.41, 5.74) is 0.879. The molecule has 43 heavy (non-hydrogen) atoms. The van der Waals surface area contributed by atoms with E-state index in [0.29, 0.717) is 25.3 Å². The van der Waals surface area contributed by atoms with Gasteiger partial charge in [0.25, 0.3) is 11.6 Å². The van der Waals surface area contributed by atoms with E-state index in [9.17, 15) is 19.3 Å². The van der Waals surface area contributed by atoms with Crippen LogP contribution in [-0.4, -0.2) is 52.0 Å². The molecular weight excluding hydrogens is 590 g/mol. The molecule has 2 aromatic carbocycles. The molecule has 3 aromatic heterocycles. The summed E-state index contributed by atoms with van der Waals surface area (Å²) in [6, 6.07) is 16.1. The van der Waals surface area contributed by atoms with Gasteiger partial charge in [0.15, 0.2) is 0 Å². The second kappa shape index (κ2) is 11.9. The molecule has 0 spiro atoms. The van der Waals surface area contributed by atoms with Gasteiger partial charge in [-0.05, 0) is 61.9 Å². The van der Waals surface area contributed by atoms with Crippen molar-refractivity contribution >= 4 is 62.2 Å². The van der Waals surface area contributed by atoms with E-state index in [1.165, 1.54) is 47.4 Å². The Kier molecular flexibility index (Phi) is 7.91. The highest BCUT2D eigenvalue weighted by Gasteiger charge is 2.26. The van der Waals surface area contributed by atoms with Crippen LogP contribution in [-0.2, 0) is 0 Å². The number of nitro benzene ring substituents is 1. The lowest BCUT2D eigenvalue weighted by atomic mass is 10.1. The monoisotopic (exact) mass is 615 g/mol. The van der Waals surface area contributed by atoms with Crippen LogP contribution in [0.15, 0.2) is 76.7 Å². The number of anilines is 3. The van der Waals surface area contributed by atoms with Crippen molar-refractivity contribution in [3.05, 3.63) is 99.1 Å². The second-order valence-electron chi connectivity index (χ2n) is 9.98. The number of hydrogen-bond donors (Lipinski definition) is 1. The first-order chi connectivity index (χ1) is 20.7. The molecule has 0 unspecified atom stereocenters. The fourth-order valence-electron chi connectivity index (χ4n) is 5.00. The highest BCUT2D eigenvalue weighted by Crippen LogP contribution is 2.37. The first kappa shape index (κ1) is 28.5. The van der Waals surface area contributed by atoms with E-state index in [2.05, 4.69) is 25.1 Å². The first-order valence-corrected chi connectivity index (χ1v) is 15.1. The number of aryl methyl sites for hydroxylation is 2. The maximum atomic E-state index is 13.6. The number of nitrogens with zero attached hydrogens (tertiary/aromatic N) is 6. The molecule has 4 heterocycles. The molecule has 1 N–H and O–H groups in total. The predicted octanol–water partition coefficient (Wildman–Crippen LogP) is 6.48. The Morgan fingerprint density at radius 2 is 1.74 bits per heavy atom. The minimum Gasteiger partial charge on any atom is -0.353 e. The highest BCUT2D eigenvalue weighted by atomic mass is 32.2. The zero-order valence-electron chi connectivity index (χ0n) is 23.3. The lowest BCUT2D eigenvalue weighted by Crippen LogP contribution is -2.47. The Morgan fingerprint density at radius 1 is 1.00 bits per heavy atom. The molecule has 6 rings (SSSR count). The van der Waals surface area contributed by atoms with Gasteiger partial charge in [-0.2, -0.15) is 0 Å². The zero-order valence-corrected chi connectivity index (χ0v) is 24.9. The quantitative estimate of drug-likeness (QED) is 0.162. The Hall–Kier alpha value is -4.62. The Bertz CT molecular complexity index is 1830. The lowest BCUT2D eigenvalue weighted by molar-refractivity contribution is -0.385. The van der Waals surface area contributed by atoms with Gasteiger partial charge in [0.2, 0.25) is 0 Å². The minimum atomic E-state index is -0.507. The van der Waals surface area contributed by atoms with Crippen molar-refractivity contribution in [3.63, 3.8) is 0 Å². The number of thiophene rings is 1. The number of nitro groups is 1. The van der Waals surface area contributed by atoms with Gasteiger partial charge in [0, 0.05) is 60.0 Å². The molecule has 0 bridgehead atoms. The molecule has 13 heteroatoms. The van der Waals surface area contributed by atoms with Crippen molar-refractivity contribution in [3.8, 4) is 0 Å². The summed E-state index contributed by atoms with van der Waals surface area (Å²) in [4.78, 5) is 45.5. The number of rotatable bonds is 7. The van der Waals surface area contributed by atoms with E-state index >= 15 is 0 Å². The number of fused-ring (bicyclic) bond motifs is 1. The van der Waals surface area contributed by atoms with E-state index in [0.717, 1.165) is 48.8 Å². The largest absolute Gasteiger partial charge is 0.353 e. The summed E-state index contributed by atoms with van der Waals surface area (Å²) >= 11 is 2.51. The Balaban J connectivity index is 1.26. The van der Waals surface area contributed by atoms with Crippen LogP contribution in [0.4, 0.5) is 27.4 Å². The molecule has 1 saturated heterocycles. The maximum absolute atomic E-state index is 13.6. The number of hydrogen-bond acceptors (Lipinski definition) is 10. The van der Waals surface area contributed by atoms with Gasteiger partial charge in [-0.3, -0.25) is 14.9 Å². The van der Waals surface area contributed by atoms with Gasteiger partial charge in [-0.1, -0.05) is 17.8 Å². The molecule has 0 saturated carbocycles. The molecule has 1 fully saturated rings. The number of benzene rings is 2. The number of nitrogens with one attached hydrogen (secondary N) is 1. The number of piperazine rings is 1. The standard InChI is InChI=1S/C30H26FN7O3S2/c1-18-26-28(37-13-11-36(12-14-37)25-5-3-4-10-32-25)33-19(2)34-30(26)43-27(18)29(39)35-21-15-22(38(40)41)17-24(16-21)42-23-8-6-20(31)7-9-23/h3-10,15-17H,11-14H2,1-2H3,(H,35,39). The van der Waals surface area contributed by atoms with Gasteiger partial charge >= 0.3 is 0 Å². The van der Waals surface area contributed by atoms with Gasteiger partial charge < -0.3 is 15.1 Å². The molecule has 10 nitrogen and oxygen atoms in total. The summed E-state index contributed by atoms with van der Waals surface area (Å²) in [5, 5.41) is 15.3. The van der Waals surface area contributed by atoms with Crippen LogP contribution in [0.3, 0.4) is 0 Å². The van der Waals surface area contributed by atoms with E-state index in [4.69, 9.17) is 4.98 Å². The smallest absolute Gasteiger partial charge is 0.272 e. The van der Waals surface area contributed by atoms with Crippen LogP contribution in [0.5, 0.6) is 0 Å². The summed E-state index contributed by atoms with van der Waals surface area (Å²) in [5.74, 6) is 1.60.